The third-order valence-corrected chi connectivity index (χ3v) is 4.47. The molecule has 21 heavy (non-hydrogen) atoms. The van der Waals surface area contributed by atoms with E-state index in [0.717, 1.165) is 16.4 Å². The molecule has 0 aliphatic carbocycles. The number of nitrogens with zero attached hydrogens (tertiary/aromatic N) is 1. The third kappa shape index (κ3) is 4.21. The average molecular weight is 320 g/mol. The van der Waals surface area contributed by atoms with E-state index in [1.54, 1.807) is 6.92 Å². The lowest BCUT2D eigenvalue weighted by Crippen LogP contribution is -2.43. The molecule has 0 radical (unpaired) electrons. The highest BCUT2D eigenvalue weighted by atomic mass is 32.2. The molecule has 8 heteroatoms. The van der Waals surface area contributed by atoms with Crippen molar-refractivity contribution in [3.63, 3.8) is 0 Å². The normalized spacial score (nSPS) is 13.2. The lowest BCUT2D eigenvalue weighted by atomic mass is 9.99. The molecule has 0 aliphatic rings. The van der Waals surface area contributed by atoms with E-state index < -0.39 is 39.2 Å². The molecule has 0 bridgehead atoms. The second-order valence-electron chi connectivity index (χ2n) is 4.65. The van der Waals surface area contributed by atoms with Crippen LogP contribution < -0.4 is 4.72 Å². The van der Waals surface area contributed by atoms with E-state index in [1.165, 1.54) is 20.0 Å². The van der Waals surface area contributed by atoms with Gasteiger partial charge >= 0.3 is 10.2 Å². The Morgan fingerprint density at radius 1 is 1.33 bits per heavy atom. The van der Waals surface area contributed by atoms with Crippen molar-refractivity contribution in [1.82, 2.24) is 9.03 Å². The summed E-state index contributed by atoms with van der Waals surface area (Å²) in [6, 6.07) is 3.20. The standard InChI is InChI=1S/C13H18F2N2O3S/c1-4-8-17(3)21(19,20)16-13(18)9(2)12-10(14)6-5-7-11(12)15/h5-7,9H,4,8H2,1-3H3,(H,16,18)/t9-/m1/s1. The van der Waals surface area contributed by atoms with Gasteiger partial charge in [-0.25, -0.2) is 13.5 Å². The smallest absolute Gasteiger partial charge is 0.273 e. The largest absolute Gasteiger partial charge is 0.303 e. The molecule has 1 aromatic rings. The molecule has 0 saturated heterocycles. The molecular weight excluding hydrogens is 302 g/mol. The van der Waals surface area contributed by atoms with Gasteiger partial charge in [-0.3, -0.25) is 4.79 Å². The van der Waals surface area contributed by atoms with Crippen LogP contribution in [-0.2, 0) is 15.0 Å². The monoisotopic (exact) mass is 320 g/mol. The number of carbonyl (C=O) groups excluding carboxylic acids is 1. The Morgan fingerprint density at radius 2 is 1.86 bits per heavy atom. The Bertz CT molecular complexity index is 600. The maximum absolute atomic E-state index is 13.6. The van der Waals surface area contributed by atoms with E-state index in [9.17, 15) is 22.0 Å². The van der Waals surface area contributed by atoms with E-state index in [4.69, 9.17) is 0 Å². The van der Waals surface area contributed by atoms with Crippen molar-refractivity contribution >= 4 is 16.1 Å². The van der Waals surface area contributed by atoms with Crippen molar-refractivity contribution in [3.8, 4) is 0 Å². The van der Waals surface area contributed by atoms with Gasteiger partial charge in [0.2, 0.25) is 5.91 Å². The van der Waals surface area contributed by atoms with Gasteiger partial charge in [-0.1, -0.05) is 13.0 Å². The zero-order chi connectivity index (χ0) is 16.2. The fraction of sp³-hybridized carbons (Fsp3) is 0.462. The van der Waals surface area contributed by atoms with Crippen molar-refractivity contribution in [1.29, 1.82) is 0 Å². The number of hydrogen-bond donors (Lipinski definition) is 1. The van der Waals surface area contributed by atoms with Gasteiger partial charge in [-0.05, 0) is 25.5 Å². The maximum atomic E-state index is 13.6. The summed E-state index contributed by atoms with van der Waals surface area (Å²) in [5.74, 6) is -4.04. The van der Waals surface area contributed by atoms with Crippen LogP contribution >= 0.6 is 0 Å². The lowest BCUT2D eigenvalue weighted by Gasteiger charge is -2.19. The summed E-state index contributed by atoms with van der Waals surface area (Å²) in [6.07, 6.45) is 0.573. The Labute approximate surface area is 123 Å². The summed E-state index contributed by atoms with van der Waals surface area (Å²) in [5.41, 5.74) is -0.455. The first-order valence-electron chi connectivity index (χ1n) is 6.42. The van der Waals surface area contributed by atoms with E-state index >= 15 is 0 Å². The van der Waals surface area contributed by atoms with E-state index in [1.807, 2.05) is 4.72 Å². The molecule has 0 heterocycles. The summed E-state index contributed by atoms with van der Waals surface area (Å²) in [6.45, 7) is 3.25. The molecule has 0 aromatic heterocycles. The first-order chi connectivity index (χ1) is 9.70. The number of rotatable bonds is 6. The predicted molar refractivity (Wildman–Crippen MR) is 74.8 cm³/mol. The van der Waals surface area contributed by atoms with Gasteiger partial charge in [-0.15, -0.1) is 0 Å². The van der Waals surface area contributed by atoms with Crippen LogP contribution in [0.5, 0.6) is 0 Å². The molecule has 0 fully saturated rings. The van der Waals surface area contributed by atoms with Crippen LogP contribution in [0.1, 0.15) is 31.7 Å². The molecule has 1 N–H and O–H groups in total. The van der Waals surface area contributed by atoms with Crippen LogP contribution in [0.2, 0.25) is 0 Å². The van der Waals surface area contributed by atoms with Gasteiger partial charge < -0.3 is 0 Å². The van der Waals surface area contributed by atoms with Crippen molar-refractivity contribution < 1.29 is 22.0 Å². The van der Waals surface area contributed by atoms with Gasteiger partial charge in [0.05, 0.1) is 5.92 Å². The fourth-order valence-corrected chi connectivity index (χ4v) is 2.79. The SMILES string of the molecule is CCCN(C)S(=O)(=O)NC(=O)[C@H](C)c1c(F)cccc1F. The molecule has 5 nitrogen and oxygen atoms in total. The summed E-state index contributed by atoms with van der Waals surface area (Å²) < 4.78 is 53.7. The van der Waals surface area contributed by atoms with E-state index in [0.29, 0.717) is 6.42 Å². The van der Waals surface area contributed by atoms with Crippen molar-refractivity contribution in [3.05, 3.63) is 35.4 Å². The quantitative estimate of drug-likeness (QED) is 0.869. The number of nitrogens with one attached hydrogen (secondary N) is 1. The molecule has 1 aromatic carbocycles. The highest BCUT2D eigenvalue weighted by Crippen LogP contribution is 2.22. The topological polar surface area (TPSA) is 66.5 Å². The fourth-order valence-electron chi connectivity index (χ4n) is 1.78. The minimum Gasteiger partial charge on any atom is -0.273 e. The number of carbonyl (C=O) groups is 1. The highest BCUT2D eigenvalue weighted by molar-refractivity contribution is 7.87. The second kappa shape index (κ2) is 6.95. The summed E-state index contributed by atoms with van der Waals surface area (Å²) in [7, 11) is -2.70. The van der Waals surface area contributed by atoms with Crippen LogP contribution in [0.4, 0.5) is 8.78 Å². The molecule has 0 saturated carbocycles. The zero-order valence-electron chi connectivity index (χ0n) is 12.1. The highest BCUT2D eigenvalue weighted by Gasteiger charge is 2.27. The van der Waals surface area contributed by atoms with Crippen molar-refractivity contribution in [2.24, 2.45) is 0 Å². The first kappa shape index (κ1) is 17.5. The van der Waals surface area contributed by atoms with E-state index in [-0.39, 0.29) is 6.54 Å². The van der Waals surface area contributed by atoms with Gasteiger partial charge in [0, 0.05) is 19.2 Å². The second-order valence-corrected chi connectivity index (χ2v) is 6.43. The van der Waals surface area contributed by atoms with Gasteiger partial charge in [0.15, 0.2) is 0 Å². The average Bonchev–Trinajstić information content (AvgIpc) is 2.38. The molecule has 0 aliphatic heterocycles. The third-order valence-electron chi connectivity index (χ3n) is 3.00. The molecule has 0 unspecified atom stereocenters. The van der Waals surface area contributed by atoms with Crippen molar-refractivity contribution in [2.45, 2.75) is 26.2 Å². The Kier molecular flexibility index (Phi) is 5.79. The number of amides is 1. The van der Waals surface area contributed by atoms with Crippen LogP contribution in [0.15, 0.2) is 18.2 Å². The molecular formula is C13H18F2N2O3S. The molecule has 118 valence electrons. The predicted octanol–water partition coefficient (Wildman–Crippen LogP) is 1.77. The van der Waals surface area contributed by atoms with Crippen LogP contribution in [0, 0.1) is 11.6 Å². The van der Waals surface area contributed by atoms with Crippen LogP contribution in [0.3, 0.4) is 0 Å². The van der Waals surface area contributed by atoms with Crippen LogP contribution in [-0.4, -0.2) is 32.2 Å². The van der Waals surface area contributed by atoms with Crippen LogP contribution in [0.25, 0.3) is 0 Å². The maximum Gasteiger partial charge on any atom is 0.303 e. The molecule has 1 rings (SSSR count). The Balaban J connectivity index is 2.94. The lowest BCUT2D eigenvalue weighted by molar-refractivity contribution is -0.120. The minimum absolute atomic E-state index is 0.227. The van der Waals surface area contributed by atoms with Gasteiger partial charge in [0.25, 0.3) is 0 Å². The zero-order valence-corrected chi connectivity index (χ0v) is 12.9. The molecule has 1 amide bonds. The molecule has 1 atom stereocenters. The van der Waals surface area contributed by atoms with Gasteiger partial charge in [0.1, 0.15) is 11.6 Å². The Morgan fingerprint density at radius 3 is 2.33 bits per heavy atom. The van der Waals surface area contributed by atoms with E-state index in [2.05, 4.69) is 0 Å². The summed E-state index contributed by atoms with van der Waals surface area (Å²) in [5, 5.41) is 0. The molecule has 0 spiro atoms. The minimum atomic E-state index is -4.01. The first-order valence-corrected chi connectivity index (χ1v) is 7.86. The number of benzene rings is 1. The summed E-state index contributed by atoms with van der Waals surface area (Å²) in [4.78, 5) is 11.9. The van der Waals surface area contributed by atoms with Gasteiger partial charge in [-0.2, -0.15) is 12.7 Å². The van der Waals surface area contributed by atoms with Crippen molar-refractivity contribution in [2.75, 3.05) is 13.6 Å². The number of hydrogen-bond acceptors (Lipinski definition) is 3. The number of halogens is 2. The Hall–Kier alpha value is -1.54. The summed E-state index contributed by atoms with van der Waals surface area (Å²) >= 11 is 0.